The quantitative estimate of drug-likeness (QED) is 0.276. The predicted molar refractivity (Wildman–Crippen MR) is 132 cm³/mol. The molecule has 0 aliphatic rings. The second-order valence-corrected chi connectivity index (χ2v) is 7.65. The van der Waals surface area contributed by atoms with Gasteiger partial charge in [-0.15, -0.1) is 0 Å². The van der Waals surface area contributed by atoms with E-state index < -0.39 is 0 Å². The molecule has 4 nitrogen and oxygen atoms in total. The molecule has 0 saturated carbocycles. The van der Waals surface area contributed by atoms with Gasteiger partial charge in [0.15, 0.2) is 0 Å². The lowest BCUT2D eigenvalue weighted by Gasteiger charge is -2.14. The fourth-order valence-electron chi connectivity index (χ4n) is 3.63. The van der Waals surface area contributed by atoms with Crippen molar-refractivity contribution in [3.8, 4) is 0 Å². The van der Waals surface area contributed by atoms with E-state index in [1.807, 2.05) is 78.9 Å². The molecule has 0 heterocycles. The van der Waals surface area contributed by atoms with E-state index >= 15 is 0 Å². The molecular formula is C28H27N3O. The molecule has 0 spiro atoms. The summed E-state index contributed by atoms with van der Waals surface area (Å²) in [7, 11) is 0. The lowest BCUT2D eigenvalue weighted by Crippen LogP contribution is -2.30. The smallest absolute Gasteiger partial charge is 0.269 e. The first-order valence-electron chi connectivity index (χ1n) is 10.9. The van der Waals surface area contributed by atoms with E-state index in [-0.39, 0.29) is 5.91 Å². The zero-order chi connectivity index (χ0) is 22.0. The van der Waals surface area contributed by atoms with Crippen molar-refractivity contribution in [1.29, 1.82) is 0 Å². The molecule has 160 valence electrons. The first-order valence-corrected chi connectivity index (χ1v) is 10.9. The fraction of sp³-hybridized carbons (Fsp3) is 0.107. The molecule has 0 aliphatic heterocycles. The number of carbonyl (C=O) groups is 1. The van der Waals surface area contributed by atoms with E-state index in [4.69, 9.17) is 0 Å². The number of amides is 1. The molecule has 4 aromatic rings. The first-order chi connectivity index (χ1) is 15.8. The molecule has 4 heteroatoms. The van der Waals surface area contributed by atoms with Gasteiger partial charge in [0.2, 0.25) is 0 Å². The minimum absolute atomic E-state index is 0.144. The third-order valence-electron chi connectivity index (χ3n) is 5.26. The van der Waals surface area contributed by atoms with Crippen molar-refractivity contribution in [2.24, 2.45) is 0 Å². The maximum absolute atomic E-state index is 12.9. The Morgan fingerprint density at radius 2 is 1.25 bits per heavy atom. The molecule has 3 N–H and O–H groups in total. The van der Waals surface area contributed by atoms with Crippen LogP contribution in [0.25, 0.3) is 0 Å². The molecule has 4 aromatic carbocycles. The molecule has 32 heavy (non-hydrogen) atoms. The maximum atomic E-state index is 12.9. The molecule has 0 aromatic heterocycles. The van der Waals surface area contributed by atoms with Gasteiger partial charge < -0.3 is 5.32 Å². The van der Waals surface area contributed by atoms with Crippen molar-refractivity contribution in [1.82, 2.24) is 5.43 Å². The minimum Gasteiger partial charge on any atom is -0.356 e. The Hall–Kier alpha value is -4.05. The third-order valence-corrected chi connectivity index (χ3v) is 5.26. The number of rotatable bonds is 9. The zero-order valence-corrected chi connectivity index (χ0v) is 17.9. The number of hydrazine groups is 1. The number of hydrogen-bond donors (Lipinski definition) is 3. The van der Waals surface area contributed by atoms with Crippen LogP contribution < -0.4 is 16.2 Å². The summed E-state index contributed by atoms with van der Waals surface area (Å²) in [5.41, 5.74) is 11.7. The number of aryl methyl sites for hydroxylation is 2. The standard InChI is InChI=1S/C28H27N3O/c32-28(31-30-25-17-8-3-9-18-25)27-20-19-26(29-24-15-6-2-7-16-24)21-23(27)14-10-13-22-11-4-1-5-12-22/h1-9,11-12,15-21,29-30H,10,13-14H2,(H,31,32). The lowest BCUT2D eigenvalue weighted by molar-refractivity contribution is 0.0961. The van der Waals surface area contributed by atoms with E-state index in [2.05, 4.69) is 46.5 Å². The van der Waals surface area contributed by atoms with Crippen LogP contribution in [0.15, 0.2) is 109 Å². The average Bonchev–Trinajstić information content (AvgIpc) is 2.85. The summed E-state index contributed by atoms with van der Waals surface area (Å²) in [5.74, 6) is -0.144. The van der Waals surface area contributed by atoms with Crippen LogP contribution in [0, 0.1) is 0 Å². The van der Waals surface area contributed by atoms with Crippen LogP contribution in [0.3, 0.4) is 0 Å². The average molecular weight is 422 g/mol. The molecule has 4 rings (SSSR count). The number of anilines is 3. The monoisotopic (exact) mass is 421 g/mol. The van der Waals surface area contributed by atoms with Gasteiger partial charge in [0.05, 0.1) is 5.69 Å². The topological polar surface area (TPSA) is 53.2 Å². The van der Waals surface area contributed by atoms with Gasteiger partial charge >= 0.3 is 0 Å². The fourth-order valence-corrected chi connectivity index (χ4v) is 3.63. The molecule has 0 saturated heterocycles. The van der Waals surface area contributed by atoms with Crippen molar-refractivity contribution < 1.29 is 4.79 Å². The van der Waals surface area contributed by atoms with Crippen LogP contribution in [0.4, 0.5) is 17.1 Å². The minimum atomic E-state index is -0.144. The highest BCUT2D eigenvalue weighted by Crippen LogP contribution is 2.22. The number of hydrogen-bond acceptors (Lipinski definition) is 3. The summed E-state index contributed by atoms with van der Waals surface area (Å²) in [6.45, 7) is 0. The lowest BCUT2D eigenvalue weighted by atomic mass is 9.98. The summed E-state index contributed by atoms with van der Waals surface area (Å²) >= 11 is 0. The molecule has 0 aliphatic carbocycles. The Balaban J connectivity index is 1.49. The maximum Gasteiger partial charge on any atom is 0.269 e. The molecule has 0 radical (unpaired) electrons. The van der Waals surface area contributed by atoms with Crippen LogP contribution >= 0.6 is 0 Å². The molecule has 0 atom stereocenters. The summed E-state index contributed by atoms with van der Waals surface area (Å²) < 4.78 is 0. The highest BCUT2D eigenvalue weighted by molar-refractivity contribution is 5.96. The van der Waals surface area contributed by atoms with E-state index in [0.717, 1.165) is 41.9 Å². The van der Waals surface area contributed by atoms with Crippen molar-refractivity contribution in [2.75, 3.05) is 10.7 Å². The number of benzene rings is 4. The van der Waals surface area contributed by atoms with Gasteiger partial charge in [-0.25, -0.2) is 0 Å². The van der Waals surface area contributed by atoms with Crippen LogP contribution in [-0.4, -0.2) is 5.91 Å². The van der Waals surface area contributed by atoms with Crippen LogP contribution in [0.2, 0.25) is 0 Å². The first kappa shape index (κ1) is 21.2. The third kappa shape index (κ3) is 5.99. The number of nitrogens with one attached hydrogen (secondary N) is 3. The van der Waals surface area contributed by atoms with E-state index in [1.165, 1.54) is 5.56 Å². The van der Waals surface area contributed by atoms with E-state index in [1.54, 1.807) is 0 Å². The zero-order valence-electron chi connectivity index (χ0n) is 17.9. The van der Waals surface area contributed by atoms with Gasteiger partial charge in [-0.1, -0.05) is 66.7 Å². The van der Waals surface area contributed by atoms with Crippen molar-refractivity contribution in [2.45, 2.75) is 19.3 Å². The molecule has 0 unspecified atom stereocenters. The van der Waals surface area contributed by atoms with Crippen LogP contribution in [0.5, 0.6) is 0 Å². The summed E-state index contributed by atoms with van der Waals surface area (Å²) in [4.78, 5) is 12.9. The second kappa shape index (κ2) is 10.8. The Morgan fingerprint density at radius 3 is 1.94 bits per heavy atom. The Bertz CT molecular complexity index is 1130. The normalized spacial score (nSPS) is 10.4. The van der Waals surface area contributed by atoms with E-state index in [9.17, 15) is 4.79 Å². The Kier molecular flexibility index (Phi) is 7.17. The highest BCUT2D eigenvalue weighted by Gasteiger charge is 2.12. The van der Waals surface area contributed by atoms with Crippen molar-refractivity contribution in [3.05, 3.63) is 126 Å². The summed E-state index contributed by atoms with van der Waals surface area (Å²) in [6.07, 6.45) is 2.75. The van der Waals surface area contributed by atoms with Crippen LogP contribution in [0.1, 0.15) is 27.9 Å². The Labute approximate surface area is 189 Å². The predicted octanol–water partition coefficient (Wildman–Crippen LogP) is 6.36. The SMILES string of the molecule is O=C(NNc1ccccc1)c1ccc(Nc2ccccc2)cc1CCCc1ccccc1. The summed E-state index contributed by atoms with van der Waals surface area (Å²) in [5, 5.41) is 3.43. The molecule has 0 fully saturated rings. The van der Waals surface area contributed by atoms with Gasteiger partial charge in [0, 0.05) is 16.9 Å². The largest absolute Gasteiger partial charge is 0.356 e. The number of carbonyl (C=O) groups excluding carboxylic acids is 1. The van der Waals surface area contributed by atoms with Crippen molar-refractivity contribution >= 4 is 23.0 Å². The Morgan fingerprint density at radius 1 is 0.625 bits per heavy atom. The molecule has 1 amide bonds. The van der Waals surface area contributed by atoms with Crippen molar-refractivity contribution in [3.63, 3.8) is 0 Å². The molecular weight excluding hydrogens is 394 g/mol. The molecule has 0 bridgehead atoms. The second-order valence-electron chi connectivity index (χ2n) is 7.65. The van der Waals surface area contributed by atoms with E-state index in [0.29, 0.717) is 5.56 Å². The van der Waals surface area contributed by atoms with Gasteiger partial charge in [0.1, 0.15) is 0 Å². The van der Waals surface area contributed by atoms with Gasteiger partial charge in [-0.2, -0.15) is 0 Å². The van der Waals surface area contributed by atoms with Crippen LogP contribution in [-0.2, 0) is 12.8 Å². The van der Waals surface area contributed by atoms with Gasteiger partial charge in [0.25, 0.3) is 5.91 Å². The van der Waals surface area contributed by atoms with Gasteiger partial charge in [-0.05, 0) is 72.9 Å². The van der Waals surface area contributed by atoms with Gasteiger partial charge in [-0.3, -0.25) is 15.6 Å². The number of para-hydroxylation sites is 2. The summed E-state index contributed by atoms with van der Waals surface area (Å²) in [6, 6.07) is 36.0. The highest BCUT2D eigenvalue weighted by atomic mass is 16.2.